The first-order valence-electron chi connectivity index (χ1n) is 4.59. The molecule has 1 unspecified atom stereocenters. The Morgan fingerprint density at radius 1 is 1.47 bits per heavy atom. The number of carbonyl (C=O) groups is 1. The van der Waals surface area contributed by atoms with Gasteiger partial charge < -0.3 is 10.1 Å². The molecule has 2 rings (SSSR count). The number of ether oxygens (including phenoxy) is 1. The Labute approximate surface area is 85.0 Å². The van der Waals surface area contributed by atoms with Crippen LogP contribution >= 0.6 is 0 Å². The van der Waals surface area contributed by atoms with Crippen molar-refractivity contribution in [2.24, 2.45) is 0 Å². The molecule has 1 aliphatic heterocycles. The molecule has 5 heteroatoms. The van der Waals surface area contributed by atoms with Crippen LogP contribution in [0.4, 0.5) is 14.5 Å². The Hall–Kier alpha value is -1.65. The Kier molecular flexibility index (Phi) is 2.30. The van der Waals surface area contributed by atoms with Gasteiger partial charge in [-0.05, 0) is 18.6 Å². The van der Waals surface area contributed by atoms with Gasteiger partial charge in [0.1, 0.15) is 0 Å². The van der Waals surface area contributed by atoms with Gasteiger partial charge in [0.05, 0.1) is 5.69 Å². The molecule has 15 heavy (non-hydrogen) atoms. The zero-order valence-corrected chi connectivity index (χ0v) is 8.01. The van der Waals surface area contributed by atoms with Gasteiger partial charge in [0, 0.05) is 0 Å². The number of benzene rings is 1. The van der Waals surface area contributed by atoms with Crippen LogP contribution in [0.1, 0.15) is 13.3 Å². The fraction of sp³-hybridized carbons (Fsp3) is 0.300. The van der Waals surface area contributed by atoms with E-state index in [9.17, 15) is 13.6 Å². The maximum absolute atomic E-state index is 13.3. The summed E-state index contributed by atoms with van der Waals surface area (Å²) >= 11 is 0. The molecular formula is C10H9F2NO2. The first-order valence-corrected chi connectivity index (χ1v) is 4.59. The molecular weight excluding hydrogens is 204 g/mol. The predicted molar refractivity (Wildman–Crippen MR) is 49.7 cm³/mol. The summed E-state index contributed by atoms with van der Waals surface area (Å²) in [6.45, 7) is 1.73. The molecule has 3 nitrogen and oxygen atoms in total. The number of carbonyl (C=O) groups excluding carboxylic acids is 1. The van der Waals surface area contributed by atoms with Crippen LogP contribution in [0.5, 0.6) is 5.75 Å². The Bertz CT molecular complexity index is 420. The van der Waals surface area contributed by atoms with Crippen molar-refractivity contribution < 1.29 is 18.3 Å². The molecule has 1 aliphatic rings. The van der Waals surface area contributed by atoms with Gasteiger partial charge in [-0.2, -0.15) is 4.39 Å². The molecule has 0 radical (unpaired) electrons. The fourth-order valence-electron chi connectivity index (χ4n) is 1.42. The summed E-state index contributed by atoms with van der Waals surface area (Å²) in [6, 6.07) is 2.22. The standard InChI is InChI=1S/C10H9F2NO2/c1-2-7-10(14)13-6-4-3-5(11)8(12)9(6)15-7/h3-4,7H,2H2,1H3,(H,13,14). The SMILES string of the molecule is CCC1Oc2c(ccc(F)c2F)NC1=O. The Balaban J connectivity index is 2.46. The monoisotopic (exact) mass is 213 g/mol. The number of amides is 1. The number of nitrogens with one attached hydrogen (secondary N) is 1. The molecule has 1 heterocycles. The van der Waals surface area contributed by atoms with Crippen LogP contribution in [-0.2, 0) is 4.79 Å². The molecule has 0 fully saturated rings. The van der Waals surface area contributed by atoms with Crippen LogP contribution in [0, 0.1) is 11.6 Å². The minimum atomic E-state index is -1.06. The van der Waals surface area contributed by atoms with Gasteiger partial charge in [0.15, 0.2) is 17.7 Å². The van der Waals surface area contributed by atoms with E-state index in [2.05, 4.69) is 5.32 Å². The third-order valence-electron chi connectivity index (χ3n) is 2.23. The average molecular weight is 213 g/mol. The van der Waals surface area contributed by atoms with Crippen LogP contribution in [-0.4, -0.2) is 12.0 Å². The van der Waals surface area contributed by atoms with E-state index in [1.54, 1.807) is 6.92 Å². The molecule has 1 amide bonds. The van der Waals surface area contributed by atoms with E-state index in [1.165, 1.54) is 6.07 Å². The molecule has 0 saturated heterocycles. The predicted octanol–water partition coefficient (Wildman–Crippen LogP) is 2.07. The molecule has 1 aromatic carbocycles. The summed E-state index contributed by atoms with van der Waals surface area (Å²) in [5.74, 6) is -2.61. The van der Waals surface area contributed by atoms with Gasteiger partial charge in [-0.3, -0.25) is 4.79 Å². The highest BCUT2D eigenvalue weighted by molar-refractivity contribution is 5.97. The number of rotatable bonds is 1. The minimum Gasteiger partial charge on any atom is -0.475 e. The molecule has 1 N–H and O–H groups in total. The van der Waals surface area contributed by atoms with E-state index in [1.807, 2.05) is 0 Å². The third kappa shape index (κ3) is 1.54. The first kappa shape index (κ1) is 9.89. The number of hydrogen-bond donors (Lipinski definition) is 1. The molecule has 0 aromatic heterocycles. The lowest BCUT2D eigenvalue weighted by Crippen LogP contribution is -2.36. The Morgan fingerprint density at radius 2 is 2.20 bits per heavy atom. The quantitative estimate of drug-likeness (QED) is 0.775. The number of hydrogen-bond acceptors (Lipinski definition) is 2. The second kappa shape index (κ2) is 3.49. The van der Waals surface area contributed by atoms with Crippen LogP contribution in [0.15, 0.2) is 12.1 Å². The average Bonchev–Trinajstić information content (AvgIpc) is 2.23. The van der Waals surface area contributed by atoms with Crippen molar-refractivity contribution in [1.29, 1.82) is 0 Å². The number of anilines is 1. The van der Waals surface area contributed by atoms with E-state index in [0.717, 1.165) is 6.07 Å². The minimum absolute atomic E-state index is 0.170. The van der Waals surface area contributed by atoms with Crippen molar-refractivity contribution in [2.75, 3.05) is 5.32 Å². The first-order chi connectivity index (χ1) is 7.13. The summed E-state index contributed by atoms with van der Waals surface area (Å²) in [6.07, 6.45) is -0.352. The normalized spacial score (nSPS) is 19.1. The number of fused-ring (bicyclic) bond motifs is 1. The molecule has 0 saturated carbocycles. The second-order valence-electron chi connectivity index (χ2n) is 3.24. The molecule has 1 atom stereocenters. The van der Waals surface area contributed by atoms with Crippen LogP contribution < -0.4 is 10.1 Å². The summed E-state index contributed by atoms with van der Waals surface area (Å²) in [7, 11) is 0. The van der Waals surface area contributed by atoms with Gasteiger partial charge in [0.2, 0.25) is 5.82 Å². The van der Waals surface area contributed by atoms with E-state index in [4.69, 9.17) is 4.74 Å². The largest absolute Gasteiger partial charge is 0.475 e. The van der Waals surface area contributed by atoms with Crippen molar-refractivity contribution in [3.63, 3.8) is 0 Å². The summed E-state index contributed by atoms with van der Waals surface area (Å²) in [5, 5.41) is 2.46. The zero-order chi connectivity index (χ0) is 11.0. The van der Waals surface area contributed by atoms with E-state index in [-0.39, 0.29) is 17.3 Å². The van der Waals surface area contributed by atoms with Crippen molar-refractivity contribution in [3.05, 3.63) is 23.8 Å². The van der Waals surface area contributed by atoms with Crippen molar-refractivity contribution in [3.8, 4) is 5.75 Å². The lowest BCUT2D eigenvalue weighted by molar-refractivity contribution is -0.123. The lowest BCUT2D eigenvalue weighted by atomic mass is 10.2. The smallest absolute Gasteiger partial charge is 0.265 e. The summed E-state index contributed by atoms with van der Waals surface area (Å²) < 4.78 is 31.2. The Morgan fingerprint density at radius 3 is 2.87 bits per heavy atom. The molecule has 0 aliphatic carbocycles. The van der Waals surface area contributed by atoms with Crippen molar-refractivity contribution in [2.45, 2.75) is 19.4 Å². The highest BCUT2D eigenvalue weighted by Crippen LogP contribution is 2.34. The van der Waals surface area contributed by atoms with Crippen LogP contribution in [0.2, 0.25) is 0 Å². The third-order valence-corrected chi connectivity index (χ3v) is 2.23. The lowest BCUT2D eigenvalue weighted by Gasteiger charge is -2.25. The van der Waals surface area contributed by atoms with Crippen molar-refractivity contribution >= 4 is 11.6 Å². The van der Waals surface area contributed by atoms with Gasteiger partial charge in [-0.15, -0.1) is 0 Å². The zero-order valence-electron chi connectivity index (χ0n) is 8.01. The van der Waals surface area contributed by atoms with Crippen molar-refractivity contribution in [1.82, 2.24) is 0 Å². The van der Waals surface area contributed by atoms with Gasteiger partial charge in [-0.25, -0.2) is 4.39 Å². The van der Waals surface area contributed by atoms with Gasteiger partial charge >= 0.3 is 0 Å². The topological polar surface area (TPSA) is 38.3 Å². The van der Waals surface area contributed by atoms with Gasteiger partial charge in [-0.1, -0.05) is 6.92 Å². The molecule has 1 aromatic rings. The second-order valence-corrected chi connectivity index (χ2v) is 3.24. The molecule has 80 valence electrons. The molecule has 0 bridgehead atoms. The summed E-state index contributed by atoms with van der Waals surface area (Å²) in [4.78, 5) is 11.3. The van der Waals surface area contributed by atoms with Crippen LogP contribution in [0.3, 0.4) is 0 Å². The fourth-order valence-corrected chi connectivity index (χ4v) is 1.42. The highest BCUT2D eigenvalue weighted by atomic mass is 19.2. The van der Waals surface area contributed by atoms with E-state index < -0.39 is 17.7 Å². The summed E-state index contributed by atoms with van der Waals surface area (Å²) in [5.41, 5.74) is 0.170. The van der Waals surface area contributed by atoms with E-state index in [0.29, 0.717) is 6.42 Å². The van der Waals surface area contributed by atoms with E-state index >= 15 is 0 Å². The number of halogens is 2. The van der Waals surface area contributed by atoms with Crippen LogP contribution in [0.25, 0.3) is 0 Å². The highest BCUT2D eigenvalue weighted by Gasteiger charge is 2.29. The maximum atomic E-state index is 13.3. The maximum Gasteiger partial charge on any atom is 0.265 e. The molecule has 0 spiro atoms. The van der Waals surface area contributed by atoms with Gasteiger partial charge in [0.25, 0.3) is 5.91 Å².